The molecule has 33 heavy (non-hydrogen) atoms. The molecule has 1 heterocycles. The molecule has 2 unspecified atom stereocenters. The summed E-state index contributed by atoms with van der Waals surface area (Å²) >= 11 is 0. The topological polar surface area (TPSA) is 139 Å². The van der Waals surface area contributed by atoms with Crippen LogP contribution in [0.3, 0.4) is 0 Å². The Hall–Kier alpha value is -2.50. The van der Waals surface area contributed by atoms with Gasteiger partial charge in [0.2, 0.25) is 10.0 Å². The zero-order valence-corrected chi connectivity index (χ0v) is 20.3. The lowest BCUT2D eigenvalue weighted by Gasteiger charge is -2.23. The number of sulfonamides is 1. The highest BCUT2D eigenvalue weighted by Crippen LogP contribution is 2.28. The van der Waals surface area contributed by atoms with Crippen molar-refractivity contribution in [2.45, 2.75) is 63.6 Å². The van der Waals surface area contributed by atoms with Crippen molar-refractivity contribution >= 4 is 27.9 Å². The van der Waals surface area contributed by atoms with Crippen LogP contribution in [0.25, 0.3) is 0 Å². The quantitative estimate of drug-likeness (QED) is 0.488. The fraction of sp³-hybridized carbons (Fsp3) is 0.591. The molecule has 0 aromatic heterocycles. The number of methoxy groups -OCH3 is 1. The van der Waals surface area contributed by atoms with Crippen molar-refractivity contribution in [2.75, 3.05) is 20.3 Å². The zero-order chi connectivity index (χ0) is 24.9. The maximum Gasteiger partial charge on any atom is 0.328 e. The molecule has 1 aliphatic rings. The Morgan fingerprint density at radius 2 is 1.88 bits per heavy atom. The summed E-state index contributed by atoms with van der Waals surface area (Å²) in [5.74, 6) is -2.19. The predicted molar refractivity (Wildman–Crippen MR) is 119 cm³/mol. The van der Waals surface area contributed by atoms with Gasteiger partial charge in [-0.25, -0.2) is 13.2 Å². The second-order valence-electron chi connectivity index (χ2n) is 8.61. The van der Waals surface area contributed by atoms with Crippen LogP contribution >= 0.6 is 0 Å². The van der Waals surface area contributed by atoms with Gasteiger partial charge in [-0.15, -0.1) is 0 Å². The molecule has 0 saturated carbocycles. The molecular formula is C22H32N2O8S. The minimum absolute atomic E-state index is 0.00449. The Bertz CT molecular complexity index is 992. The second kappa shape index (κ2) is 11.1. The number of carbonyl (C=O) groups is 3. The summed E-state index contributed by atoms with van der Waals surface area (Å²) in [5, 5.41) is 12.5. The molecule has 184 valence electrons. The Morgan fingerprint density at radius 1 is 1.21 bits per heavy atom. The van der Waals surface area contributed by atoms with Crippen LogP contribution in [0.1, 0.15) is 37.8 Å². The molecule has 11 heteroatoms. The second-order valence-corrected chi connectivity index (χ2v) is 10.5. The van der Waals surface area contributed by atoms with Crippen molar-refractivity contribution in [3.05, 3.63) is 29.3 Å². The minimum atomic E-state index is -4.08. The summed E-state index contributed by atoms with van der Waals surface area (Å²) in [5.41, 5.74) is 1.69. The van der Waals surface area contributed by atoms with E-state index in [4.69, 9.17) is 4.74 Å². The fourth-order valence-corrected chi connectivity index (χ4v) is 5.28. The first-order chi connectivity index (χ1) is 15.4. The molecule has 1 saturated heterocycles. The number of nitrogens with zero attached hydrogens (tertiary/aromatic N) is 1. The molecule has 3 atom stereocenters. The van der Waals surface area contributed by atoms with Crippen molar-refractivity contribution in [2.24, 2.45) is 5.92 Å². The molecule has 0 radical (unpaired) electrons. The van der Waals surface area contributed by atoms with Crippen LogP contribution in [0, 0.1) is 19.8 Å². The normalized spacial score (nSPS) is 19.8. The van der Waals surface area contributed by atoms with E-state index < -0.39 is 52.7 Å². The monoisotopic (exact) mass is 484 g/mol. The first-order valence-electron chi connectivity index (χ1n) is 10.7. The SMILES string of the molecule is COC(=O)C(CC(C)C)NC(=O)COC(=O)[C@@H]1CC(O)CN1S(=O)(=O)c1ccc(C)c(C)c1. The summed E-state index contributed by atoms with van der Waals surface area (Å²) in [7, 11) is -2.87. The summed E-state index contributed by atoms with van der Waals surface area (Å²) < 4.78 is 36.9. The number of carbonyl (C=O) groups excluding carboxylic acids is 3. The molecule has 2 rings (SSSR count). The number of aliphatic hydroxyl groups excluding tert-OH is 1. The summed E-state index contributed by atoms with van der Waals surface area (Å²) in [6.07, 6.45) is -0.862. The number of hydrogen-bond acceptors (Lipinski definition) is 8. The van der Waals surface area contributed by atoms with Crippen LogP contribution in [0.4, 0.5) is 0 Å². The Labute approximate surface area is 194 Å². The smallest absolute Gasteiger partial charge is 0.328 e. The number of rotatable bonds is 9. The maximum atomic E-state index is 13.1. The number of benzene rings is 1. The highest BCUT2D eigenvalue weighted by molar-refractivity contribution is 7.89. The van der Waals surface area contributed by atoms with Gasteiger partial charge >= 0.3 is 11.9 Å². The van der Waals surface area contributed by atoms with E-state index in [1.165, 1.54) is 19.2 Å². The molecular weight excluding hydrogens is 452 g/mol. The number of aliphatic hydroxyl groups is 1. The lowest BCUT2D eigenvalue weighted by molar-refractivity contribution is -0.153. The van der Waals surface area contributed by atoms with E-state index in [1.807, 2.05) is 20.8 Å². The van der Waals surface area contributed by atoms with E-state index in [9.17, 15) is 27.9 Å². The van der Waals surface area contributed by atoms with E-state index in [0.717, 1.165) is 15.4 Å². The maximum absolute atomic E-state index is 13.1. The number of hydrogen-bond donors (Lipinski definition) is 2. The summed E-state index contributed by atoms with van der Waals surface area (Å²) in [6.45, 7) is 6.41. The van der Waals surface area contributed by atoms with Crippen molar-refractivity contribution in [1.29, 1.82) is 0 Å². The molecule has 1 aromatic carbocycles. The van der Waals surface area contributed by atoms with E-state index in [0.29, 0.717) is 6.42 Å². The zero-order valence-electron chi connectivity index (χ0n) is 19.5. The van der Waals surface area contributed by atoms with Gasteiger partial charge in [-0.3, -0.25) is 9.59 Å². The average Bonchev–Trinajstić information content (AvgIpc) is 3.15. The molecule has 2 N–H and O–H groups in total. The van der Waals surface area contributed by atoms with Crippen LogP contribution in [0.5, 0.6) is 0 Å². The van der Waals surface area contributed by atoms with Crippen LogP contribution < -0.4 is 5.32 Å². The van der Waals surface area contributed by atoms with Crippen LogP contribution in [-0.4, -0.2) is 74.1 Å². The van der Waals surface area contributed by atoms with Crippen molar-refractivity contribution in [1.82, 2.24) is 9.62 Å². The highest BCUT2D eigenvalue weighted by atomic mass is 32.2. The van der Waals surface area contributed by atoms with Crippen molar-refractivity contribution in [3.63, 3.8) is 0 Å². The standard InChI is InChI=1S/C22H32N2O8S/c1-13(2)8-18(21(27)31-5)23-20(26)12-32-22(28)19-10-16(25)11-24(19)33(29,30)17-7-6-14(3)15(4)9-17/h6-7,9,13,16,18-19,25H,8,10-12H2,1-5H3,(H,23,26)/t16?,18?,19-/m0/s1. The van der Waals surface area contributed by atoms with E-state index >= 15 is 0 Å². The van der Waals surface area contributed by atoms with E-state index in [2.05, 4.69) is 10.1 Å². The van der Waals surface area contributed by atoms with Gasteiger partial charge < -0.3 is 19.9 Å². The third-order valence-corrected chi connectivity index (χ3v) is 7.33. The first kappa shape index (κ1) is 26.7. The molecule has 1 aromatic rings. The lowest BCUT2D eigenvalue weighted by Crippen LogP contribution is -2.45. The summed E-state index contributed by atoms with van der Waals surface area (Å²) in [6, 6.07) is 2.45. The molecule has 1 fully saturated rings. The van der Waals surface area contributed by atoms with Crippen LogP contribution in [0.2, 0.25) is 0 Å². The first-order valence-corrected chi connectivity index (χ1v) is 12.1. The highest BCUT2D eigenvalue weighted by Gasteiger charge is 2.44. The van der Waals surface area contributed by atoms with Gasteiger partial charge in [0.25, 0.3) is 5.91 Å². The Kier molecular flexibility index (Phi) is 8.98. The van der Waals surface area contributed by atoms with Gasteiger partial charge in [0, 0.05) is 13.0 Å². The molecule has 0 spiro atoms. The molecule has 1 aliphatic heterocycles. The van der Waals surface area contributed by atoms with Crippen LogP contribution in [0.15, 0.2) is 23.1 Å². The van der Waals surface area contributed by atoms with Crippen molar-refractivity contribution in [3.8, 4) is 0 Å². The van der Waals surface area contributed by atoms with Gasteiger partial charge in [-0.05, 0) is 49.4 Å². The fourth-order valence-electron chi connectivity index (χ4n) is 3.57. The Morgan fingerprint density at radius 3 is 2.45 bits per heavy atom. The molecule has 1 amide bonds. The summed E-state index contributed by atoms with van der Waals surface area (Å²) in [4.78, 5) is 36.7. The van der Waals surface area contributed by atoms with Gasteiger partial charge in [0.05, 0.1) is 18.1 Å². The molecule has 10 nitrogen and oxygen atoms in total. The van der Waals surface area contributed by atoms with Gasteiger partial charge in [0.15, 0.2) is 6.61 Å². The van der Waals surface area contributed by atoms with Gasteiger partial charge in [-0.1, -0.05) is 19.9 Å². The number of aryl methyl sites for hydroxylation is 2. The van der Waals surface area contributed by atoms with E-state index in [1.54, 1.807) is 13.0 Å². The third-order valence-electron chi connectivity index (χ3n) is 5.46. The third kappa shape index (κ3) is 6.75. The number of ether oxygens (including phenoxy) is 2. The Balaban J connectivity index is 2.08. The molecule has 0 aliphatic carbocycles. The largest absolute Gasteiger partial charge is 0.467 e. The van der Waals surface area contributed by atoms with E-state index in [-0.39, 0.29) is 23.8 Å². The number of nitrogens with one attached hydrogen (secondary N) is 1. The predicted octanol–water partition coefficient (Wildman–Crippen LogP) is 0.674. The number of esters is 2. The van der Waals surface area contributed by atoms with Gasteiger partial charge in [-0.2, -0.15) is 4.31 Å². The molecule has 0 bridgehead atoms. The minimum Gasteiger partial charge on any atom is -0.467 e. The van der Waals surface area contributed by atoms with Crippen LogP contribution in [-0.2, 0) is 33.9 Å². The average molecular weight is 485 g/mol. The number of β-amino-alcohol motifs (C(OH)–C–C–N with tert-alkyl or cyclic N) is 1. The lowest BCUT2D eigenvalue weighted by atomic mass is 10.0. The number of amides is 1. The van der Waals surface area contributed by atoms with Crippen molar-refractivity contribution < 1.29 is 37.4 Å². The van der Waals surface area contributed by atoms with Gasteiger partial charge in [0.1, 0.15) is 12.1 Å².